The molecule has 0 aromatic heterocycles. The predicted molar refractivity (Wildman–Crippen MR) is 104 cm³/mol. The number of benzene rings is 1. The van der Waals surface area contributed by atoms with Gasteiger partial charge in [0.15, 0.2) is 5.96 Å². The number of rotatable bonds is 4. The van der Waals surface area contributed by atoms with Gasteiger partial charge in [-0.25, -0.2) is 4.99 Å². The van der Waals surface area contributed by atoms with E-state index in [1.807, 2.05) is 18.2 Å². The summed E-state index contributed by atoms with van der Waals surface area (Å²) >= 11 is 3.49. The lowest BCUT2D eigenvalue weighted by Crippen LogP contribution is -2.47. The Morgan fingerprint density at radius 3 is 2.48 bits per heavy atom. The maximum absolute atomic E-state index is 5.22. The van der Waals surface area contributed by atoms with Crippen LogP contribution in [0.15, 0.2) is 27.7 Å². The molecule has 0 bridgehead atoms. The summed E-state index contributed by atoms with van der Waals surface area (Å²) in [5, 5.41) is 6.62. The van der Waals surface area contributed by atoms with Crippen molar-refractivity contribution in [2.24, 2.45) is 4.99 Å². The Hall–Kier alpha value is -0.500. The molecule has 6 heteroatoms. The van der Waals surface area contributed by atoms with E-state index in [0.29, 0.717) is 6.54 Å². The van der Waals surface area contributed by atoms with Crippen molar-refractivity contribution in [1.82, 2.24) is 10.6 Å². The fourth-order valence-corrected chi connectivity index (χ4v) is 2.23. The van der Waals surface area contributed by atoms with E-state index in [4.69, 9.17) is 4.74 Å². The van der Waals surface area contributed by atoms with Crippen LogP contribution in [0.5, 0.6) is 5.75 Å². The molecular formula is C15H25BrIN3O. The Bertz CT molecular complexity index is 472. The number of aliphatic imine (C=N–C) groups is 1. The molecule has 1 aromatic carbocycles. The standard InChI is InChI=1S/C15H24BrN3O.HI/c1-6-17-14(19-15(2,3)4)18-10-11-7-8-13(20-5)12(16)9-11;/h7-9H,6,10H2,1-5H3,(H2,17,18,19);1H. The summed E-state index contributed by atoms with van der Waals surface area (Å²) in [5.74, 6) is 1.66. The second-order valence-corrected chi connectivity index (χ2v) is 6.39. The van der Waals surface area contributed by atoms with Gasteiger partial charge in [0.25, 0.3) is 0 Å². The lowest BCUT2D eigenvalue weighted by molar-refractivity contribution is 0.412. The minimum Gasteiger partial charge on any atom is -0.496 e. The molecule has 0 aliphatic rings. The normalized spacial score (nSPS) is 11.6. The summed E-state index contributed by atoms with van der Waals surface area (Å²) in [6.07, 6.45) is 0. The minimum absolute atomic E-state index is 0. The van der Waals surface area contributed by atoms with E-state index in [-0.39, 0.29) is 29.5 Å². The highest BCUT2D eigenvalue weighted by molar-refractivity contribution is 14.0. The Balaban J connectivity index is 0.00000400. The van der Waals surface area contributed by atoms with Crippen LogP contribution in [0, 0.1) is 0 Å². The first-order valence-corrected chi connectivity index (χ1v) is 7.54. The quantitative estimate of drug-likeness (QED) is 0.399. The molecule has 21 heavy (non-hydrogen) atoms. The first-order chi connectivity index (χ1) is 9.35. The fourth-order valence-electron chi connectivity index (χ4n) is 1.64. The van der Waals surface area contributed by atoms with Crippen LogP contribution in [0.1, 0.15) is 33.3 Å². The van der Waals surface area contributed by atoms with Crippen molar-refractivity contribution in [3.05, 3.63) is 28.2 Å². The van der Waals surface area contributed by atoms with Gasteiger partial charge in [-0.15, -0.1) is 24.0 Å². The Morgan fingerprint density at radius 2 is 2.00 bits per heavy atom. The molecule has 0 unspecified atom stereocenters. The van der Waals surface area contributed by atoms with Crippen molar-refractivity contribution in [1.29, 1.82) is 0 Å². The van der Waals surface area contributed by atoms with Crippen molar-refractivity contribution in [2.45, 2.75) is 39.8 Å². The van der Waals surface area contributed by atoms with Crippen LogP contribution >= 0.6 is 39.9 Å². The SMILES string of the molecule is CCNC(=NCc1ccc(OC)c(Br)c1)NC(C)(C)C.I. The lowest BCUT2D eigenvalue weighted by atomic mass is 10.1. The Morgan fingerprint density at radius 1 is 1.33 bits per heavy atom. The number of nitrogens with one attached hydrogen (secondary N) is 2. The highest BCUT2D eigenvalue weighted by atomic mass is 127. The van der Waals surface area contributed by atoms with Gasteiger partial charge in [0, 0.05) is 12.1 Å². The number of guanidine groups is 1. The third kappa shape index (κ3) is 7.90. The van der Waals surface area contributed by atoms with Gasteiger partial charge in [-0.05, 0) is 61.3 Å². The number of methoxy groups -OCH3 is 1. The molecule has 0 saturated heterocycles. The molecule has 0 spiro atoms. The van der Waals surface area contributed by atoms with E-state index in [9.17, 15) is 0 Å². The van der Waals surface area contributed by atoms with Crippen LogP contribution < -0.4 is 15.4 Å². The van der Waals surface area contributed by atoms with Crippen molar-refractivity contribution < 1.29 is 4.74 Å². The molecule has 1 aromatic rings. The number of nitrogens with zero attached hydrogens (tertiary/aromatic N) is 1. The molecule has 0 radical (unpaired) electrons. The van der Waals surface area contributed by atoms with Crippen LogP contribution in [0.4, 0.5) is 0 Å². The largest absolute Gasteiger partial charge is 0.496 e. The second kappa shape index (κ2) is 9.50. The topological polar surface area (TPSA) is 45.7 Å². The van der Waals surface area contributed by atoms with Gasteiger partial charge >= 0.3 is 0 Å². The number of ether oxygens (including phenoxy) is 1. The number of hydrogen-bond donors (Lipinski definition) is 2. The van der Waals surface area contributed by atoms with Crippen LogP contribution in [0.25, 0.3) is 0 Å². The van der Waals surface area contributed by atoms with E-state index < -0.39 is 0 Å². The average molecular weight is 470 g/mol. The summed E-state index contributed by atoms with van der Waals surface area (Å²) in [7, 11) is 1.66. The molecule has 0 heterocycles. The molecule has 2 N–H and O–H groups in total. The smallest absolute Gasteiger partial charge is 0.191 e. The van der Waals surface area contributed by atoms with Crippen molar-refractivity contribution in [3.8, 4) is 5.75 Å². The molecule has 4 nitrogen and oxygen atoms in total. The maximum atomic E-state index is 5.22. The van der Waals surface area contributed by atoms with E-state index in [0.717, 1.165) is 28.3 Å². The van der Waals surface area contributed by atoms with E-state index in [1.165, 1.54) is 0 Å². The number of halogens is 2. The molecule has 120 valence electrons. The van der Waals surface area contributed by atoms with Crippen LogP contribution in [-0.4, -0.2) is 25.2 Å². The van der Waals surface area contributed by atoms with E-state index >= 15 is 0 Å². The monoisotopic (exact) mass is 469 g/mol. The molecular weight excluding hydrogens is 445 g/mol. The zero-order valence-electron chi connectivity index (χ0n) is 13.3. The third-order valence-electron chi connectivity index (χ3n) is 2.47. The summed E-state index contributed by atoms with van der Waals surface area (Å²) in [6.45, 7) is 9.86. The first-order valence-electron chi connectivity index (χ1n) is 6.74. The second-order valence-electron chi connectivity index (χ2n) is 5.54. The minimum atomic E-state index is -0.0124. The van der Waals surface area contributed by atoms with Crippen molar-refractivity contribution in [2.75, 3.05) is 13.7 Å². The third-order valence-corrected chi connectivity index (χ3v) is 3.09. The zero-order chi connectivity index (χ0) is 15.2. The first kappa shape index (κ1) is 20.5. The summed E-state index contributed by atoms with van der Waals surface area (Å²) in [6, 6.07) is 6.00. The van der Waals surface area contributed by atoms with Gasteiger partial charge in [-0.1, -0.05) is 6.07 Å². The van der Waals surface area contributed by atoms with Crippen LogP contribution in [-0.2, 0) is 6.54 Å². The fraction of sp³-hybridized carbons (Fsp3) is 0.533. The molecule has 0 fully saturated rings. The van der Waals surface area contributed by atoms with Gasteiger partial charge in [-0.3, -0.25) is 0 Å². The Labute approximate surface area is 153 Å². The number of hydrogen-bond acceptors (Lipinski definition) is 2. The van der Waals surface area contributed by atoms with Gasteiger partial charge < -0.3 is 15.4 Å². The van der Waals surface area contributed by atoms with E-state index in [1.54, 1.807) is 7.11 Å². The lowest BCUT2D eigenvalue weighted by Gasteiger charge is -2.23. The van der Waals surface area contributed by atoms with Gasteiger partial charge in [0.2, 0.25) is 0 Å². The molecule has 0 aliphatic carbocycles. The van der Waals surface area contributed by atoms with Crippen molar-refractivity contribution in [3.63, 3.8) is 0 Å². The molecule has 0 saturated carbocycles. The summed E-state index contributed by atoms with van der Waals surface area (Å²) in [4.78, 5) is 4.60. The van der Waals surface area contributed by atoms with Gasteiger partial charge in [0.05, 0.1) is 18.1 Å². The molecule has 0 aliphatic heterocycles. The predicted octanol–water partition coefficient (Wildman–Crippen LogP) is 3.93. The van der Waals surface area contributed by atoms with Crippen LogP contribution in [0.3, 0.4) is 0 Å². The molecule has 1 rings (SSSR count). The van der Waals surface area contributed by atoms with Gasteiger partial charge in [-0.2, -0.15) is 0 Å². The maximum Gasteiger partial charge on any atom is 0.191 e. The summed E-state index contributed by atoms with van der Waals surface area (Å²) in [5.41, 5.74) is 1.12. The Kier molecular flexibility index (Phi) is 9.28. The van der Waals surface area contributed by atoms with E-state index in [2.05, 4.69) is 59.3 Å². The van der Waals surface area contributed by atoms with Crippen molar-refractivity contribution >= 4 is 45.9 Å². The highest BCUT2D eigenvalue weighted by Crippen LogP contribution is 2.25. The average Bonchev–Trinajstić information content (AvgIpc) is 2.34. The zero-order valence-corrected chi connectivity index (χ0v) is 17.2. The molecule has 0 amide bonds. The van der Waals surface area contributed by atoms with Gasteiger partial charge in [0.1, 0.15) is 5.75 Å². The summed E-state index contributed by atoms with van der Waals surface area (Å²) < 4.78 is 6.17. The highest BCUT2D eigenvalue weighted by Gasteiger charge is 2.11. The van der Waals surface area contributed by atoms with Crippen LogP contribution in [0.2, 0.25) is 0 Å². The molecule has 0 atom stereocenters.